The zero-order chi connectivity index (χ0) is 24.2. The summed E-state index contributed by atoms with van der Waals surface area (Å²) in [6.45, 7) is -0.423. The van der Waals surface area contributed by atoms with Gasteiger partial charge in [-0.25, -0.2) is 25.9 Å². The summed E-state index contributed by atoms with van der Waals surface area (Å²) in [5.41, 5.74) is 0.315. The van der Waals surface area contributed by atoms with Gasteiger partial charge in [0, 0.05) is 18.9 Å². The molecule has 1 N–H and O–H groups in total. The Morgan fingerprint density at radius 2 is 1.59 bits per heavy atom. The van der Waals surface area contributed by atoms with Gasteiger partial charge >= 0.3 is 0 Å². The molecular formula is C24H25FN2O5S2. The van der Waals surface area contributed by atoms with E-state index in [0.29, 0.717) is 11.3 Å². The Hall–Kier alpha value is -2.82. The van der Waals surface area contributed by atoms with Gasteiger partial charge in [-0.2, -0.15) is 0 Å². The first kappa shape index (κ1) is 24.3. The number of hydrogen-bond acceptors (Lipinski definition) is 6. The topological polar surface area (TPSA) is 102 Å². The summed E-state index contributed by atoms with van der Waals surface area (Å²) in [6.07, 6.45) is 7.23. The highest BCUT2D eigenvalue weighted by atomic mass is 32.2. The van der Waals surface area contributed by atoms with Gasteiger partial charge in [0.05, 0.1) is 15.9 Å². The maximum absolute atomic E-state index is 13.3. The standard InChI is InChI=1S/C24H25FN2O5S2/c25-19-7-11-22(12-8-19)33(28,29)24(18-4-3-15-26-16-18)17-27-34(30,31)23-13-9-21(10-14-23)32-20-5-1-2-6-20/h3-4,7-16,20,24,27H,1-2,5-6,17H2. The van der Waals surface area contributed by atoms with E-state index in [1.807, 2.05) is 0 Å². The third-order valence-corrected chi connectivity index (χ3v) is 9.33. The van der Waals surface area contributed by atoms with Crippen molar-refractivity contribution in [3.8, 4) is 5.75 Å². The smallest absolute Gasteiger partial charge is 0.240 e. The molecule has 0 radical (unpaired) electrons. The molecule has 0 bridgehead atoms. The van der Waals surface area contributed by atoms with E-state index in [0.717, 1.165) is 49.9 Å². The molecule has 34 heavy (non-hydrogen) atoms. The van der Waals surface area contributed by atoms with E-state index in [-0.39, 0.29) is 15.9 Å². The van der Waals surface area contributed by atoms with Crippen molar-refractivity contribution >= 4 is 19.9 Å². The number of hydrogen-bond donors (Lipinski definition) is 1. The van der Waals surface area contributed by atoms with Gasteiger partial charge in [-0.15, -0.1) is 0 Å². The fraction of sp³-hybridized carbons (Fsp3) is 0.292. The lowest BCUT2D eigenvalue weighted by Gasteiger charge is -2.19. The zero-order valence-corrected chi connectivity index (χ0v) is 19.9. The van der Waals surface area contributed by atoms with Crippen molar-refractivity contribution in [1.29, 1.82) is 0 Å². The van der Waals surface area contributed by atoms with Gasteiger partial charge in [-0.05, 0) is 85.8 Å². The second kappa shape index (κ2) is 10.2. The van der Waals surface area contributed by atoms with E-state index >= 15 is 0 Å². The predicted molar refractivity (Wildman–Crippen MR) is 125 cm³/mol. The molecule has 1 atom stereocenters. The lowest BCUT2D eigenvalue weighted by molar-refractivity contribution is 0.210. The normalized spacial score (nSPS) is 15.8. The van der Waals surface area contributed by atoms with Crippen LogP contribution in [0.1, 0.15) is 36.5 Å². The summed E-state index contributed by atoms with van der Waals surface area (Å²) in [6, 6.07) is 13.6. The zero-order valence-electron chi connectivity index (χ0n) is 18.3. The molecule has 1 fully saturated rings. The lowest BCUT2D eigenvalue weighted by atomic mass is 10.2. The molecule has 1 heterocycles. The van der Waals surface area contributed by atoms with Gasteiger partial charge in [0.1, 0.15) is 16.8 Å². The van der Waals surface area contributed by atoms with Crippen LogP contribution in [0.15, 0.2) is 82.8 Å². The first-order valence-electron chi connectivity index (χ1n) is 10.9. The van der Waals surface area contributed by atoms with Crippen molar-refractivity contribution in [1.82, 2.24) is 9.71 Å². The molecule has 10 heteroatoms. The van der Waals surface area contributed by atoms with Crippen LogP contribution in [-0.4, -0.2) is 34.5 Å². The van der Waals surface area contributed by atoms with Gasteiger partial charge < -0.3 is 4.74 Å². The SMILES string of the molecule is O=S(=O)(NCC(c1cccnc1)S(=O)(=O)c1ccc(F)cc1)c1ccc(OC2CCCC2)cc1. The Labute approximate surface area is 199 Å². The number of ether oxygens (including phenoxy) is 1. The fourth-order valence-electron chi connectivity index (χ4n) is 3.93. The van der Waals surface area contributed by atoms with Crippen LogP contribution in [0.2, 0.25) is 0 Å². The van der Waals surface area contributed by atoms with E-state index in [4.69, 9.17) is 4.74 Å². The second-order valence-corrected chi connectivity index (χ2v) is 12.0. The Morgan fingerprint density at radius 1 is 0.941 bits per heavy atom. The van der Waals surface area contributed by atoms with Gasteiger partial charge in [0.15, 0.2) is 9.84 Å². The number of pyridine rings is 1. The molecule has 0 amide bonds. The average Bonchev–Trinajstić information content (AvgIpc) is 3.33. The van der Waals surface area contributed by atoms with E-state index in [9.17, 15) is 21.2 Å². The molecule has 0 aliphatic heterocycles. The highest BCUT2D eigenvalue weighted by Crippen LogP contribution is 2.29. The summed E-state index contributed by atoms with van der Waals surface area (Å²) in [5, 5.41) is -1.26. The van der Waals surface area contributed by atoms with Crippen LogP contribution < -0.4 is 9.46 Å². The van der Waals surface area contributed by atoms with Crippen molar-refractivity contribution < 1.29 is 26.0 Å². The van der Waals surface area contributed by atoms with E-state index in [2.05, 4.69) is 9.71 Å². The first-order valence-corrected chi connectivity index (χ1v) is 13.9. The first-order chi connectivity index (χ1) is 16.3. The number of sulfonamides is 1. The molecule has 180 valence electrons. The van der Waals surface area contributed by atoms with Crippen molar-refractivity contribution in [3.63, 3.8) is 0 Å². The fourth-order valence-corrected chi connectivity index (χ4v) is 6.72. The number of halogens is 1. The molecule has 1 aromatic heterocycles. The number of sulfone groups is 1. The molecule has 2 aromatic carbocycles. The third kappa shape index (κ3) is 5.63. The van der Waals surface area contributed by atoms with Crippen molar-refractivity contribution in [3.05, 3.63) is 84.4 Å². The number of benzene rings is 2. The van der Waals surface area contributed by atoms with Gasteiger partial charge in [-0.3, -0.25) is 4.98 Å². The Bertz CT molecular complexity index is 1310. The number of aromatic nitrogens is 1. The van der Waals surface area contributed by atoms with Crippen LogP contribution in [-0.2, 0) is 19.9 Å². The summed E-state index contributed by atoms with van der Waals surface area (Å²) in [5.74, 6) is 0.0240. The van der Waals surface area contributed by atoms with Crippen molar-refractivity contribution in [2.24, 2.45) is 0 Å². The highest BCUT2D eigenvalue weighted by molar-refractivity contribution is 7.92. The monoisotopic (exact) mass is 504 g/mol. The minimum Gasteiger partial charge on any atom is -0.490 e. The molecule has 3 aromatic rings. The van der Waals surface area contributed by atoms with Crippen LogP contribution in [0.5, 0.6) is 5.75 Å². The van der Waals surface area contributed by atoms with E-state index in [1.54, 1.807) is 24.3 Å². The van der Waals surface area contributed by atoms with Crippen LogP contribution >= 0.6 is 0 Å². The summed E-state index contributed by atoms with van der Waals surface area (Å²) in [7, 11) is -8.06. The highest BCUT2D eigenvalue weighted by Gasteiger charge is 2.31. The summed E-state index contributed by atoms with van der Waals surface area (Å²) < 4.78 is 74.1. The maximum atomic E-state index is 13.3. The maximum Gasteiger partial charge on any atom is 0.240 e. The Balaban J connectivity index is 1.54. The number of nitrogens with zero attached hydrogens (tertiary/aromatic N) is 1. The molecule has 1 aliphatic rings. The van der Waals surface area contributed by atoms with Crippen molar-refractivity contribution in [2.75, 3.05) is 6.54 Å². The lowest BCUT2D eigenvalue weighted by Crippen LogP contribution is -2.32. The quantitative estimate of drug-likeness (QED) is 0.442. The van der Waals surface area contributed by atoms with Gasteiger partial charge in [0.25, 0.3) is 0 Å². The number of rotatable bonds is 9. The molecular weight excluding hydrogens is 479 g/mol. The summed E-state index contributed by atoms with van der Waals surface area (Å²) >= 11 is 0. The Kier molecular flexibility index (Phi) is 7.30. The molecule has 7 nitrogen and oxygen atoms in total. The average molecular weight is 505 g/mol. The van der Waals surface area contributed by atoms with Crippen LogP contribution in [0.25, 0.3) is 0 Å². The largest absolute Gasteiger partial charge is 0.490 e. The molecule has 0 saturated heterocycles. The Morgan fingerprint density at radius 3 is 2.21 bits per heavy atom. The van der Waals surface area contributed by atoms with Gasteiger partial charge in [-0.1, -0.05) is 6.07 Å². The molecule has 1 aliphatic carbocycles. The van der Waals surface area contributed by atoms with Gasteiger partial charge in [0.2, 0.25) is 10.0 Å². The van der Waals surface area contributed by atoms with Crippen LogP contribution in [0.3, 0.4) is 0 Å². The molecule has 1 unspecified atom stereocenters. The van der Waals surface area contributed by atoms with Crippen molar-refractivity contribution in [2.45, 2.75) is 46.8 Å². The summed E-state index contributed by atoms with van der Waals surface area (Å²) in [4.78, 5) is 3.85. The number of nitrogens with one attached hydrogen (secondary N) is 1. The van der Waals surface area contributed by atoms with E-state index in [1.165, 1.54) is 24.5 Å². The molecule has 0 spiro atoms. The third-order valence-electron chi connectivity index (χ3n) is 5.77. The van der Waals surface area contributed by atoms with Crippen LogP contribution in [0.4, 0.5) is 4.39 Å². The molecule has 1 saturated carbocycles. The predicted octanol–water partition coefficient (Wildman–Crippen LogP) is 4.04. The minimum absolute atomic E-state index is 0.00427. The minimum atomic E-state index is -4.05. The molecule has 4 rings (SSSR count). The van der Waals surface area contributed by atoms with E-state index < -0.39 is 37.5 Å². The van der Waals surface area contributed by atoms with Crippen LogP contribution in [0, 0.1) is 5.82 Å². The second-order valence-electron chi connectivity index (χ2n) is 8.12.